The van der Waals surface area contributed by atoms with E-state index in [0.717, 1.165) is 22.9 Å². The SMILES string of the molecule is O=C(NC(Cc1ccccc1)C(=O)NC1CC1)c1ccc(Br)cc1Cl. The molecule has 0 aliphatic heterocycles. The Bertz CT molecular complexity index is 778. The molecule has 0 bridgehead atoms. The van der Waals surface area contributed by atoms with Crippen molar-refractivity contribution < 1.29 is 9.59 Å². The number of carbonyl (C=O) groups is 2. The Balaban J connectivity index is 1.75. The standard InChI is InChI=1S/C19H18BrClN2O2/c20-13-6-9-15(16(21)11-13)18(24)23-17(19(25)22-14-7-8-14)10-12-4-2-1-3-5-12/h1-6,9,11,14,17H,7-8,10H2,(H,22,25)(H,23,24). The topological polar surface area (TPSA) is 58.2 Å². The molecule has 1 aliphatic carbocycles. The van der Waals surface area contributed by atoms with Gasteiger partial charge in [-0.15, -0.1) is 0 Å². The molecule has 1 aliphatic rings. The maximum absolute atomic E-state index is 12.6. The van der Waals surface area contributed by atoms with E-state index in [1.165, 1.54) is 0 Å². The highest BCUT2D eigenvalue weighted by molar-refractivity contribution is 9.10. The van der Waals surface area contributed by atoms with Crippen molar-refractivity contribution in [1.82, 2.24) is 10.6 Å². The van der Waals surface area contributed by atoms with Crippen LogP contribution in [0.4, 0.5) is 0 Å². The number of nitrogens with one attached hydrogen (secondary N) is 2. The average molecular weight is 422 g/mol. The van der Waals surface area contributed by atoms with Gasteiger partial charge in [-0.25, -0.2) is 0 Å². The zero-order valence-electron chi connectivity index (χ0n) is 13.5. The van der Waals surface area contributed by atoms with E-state index in [9.17, 15) is 9.59 Å². The largest absolute Gasteiger partial charge is 0.352 e. The molecule has 1 unspecified atom stereocenters. The summed E-state index contributed by atoms with van der Waals surface area (Å²) in [5, 5.41) is 6.13. The zero-order valence-corrected chi connectivity index (χ0v) is 15.8. The summed E-state index contributed by atoms with van der Waals surface area (Å²) in [4.78, 5) is 25.1. The molecule has 4 nitrogen and oxygen atoms in total. The van der Waals surface area contributed by atoms with Gasteiger partial charge in [0.25, 0.3) is 5.91 Å². The zero-order chi connectivity index (χ0) is 17.8. The summed E-state index contributed by atoms with van der Waals surface area (Å²) in [5.74, 6) is -0.516. The van der Waals surface area contributed by atoms with Crippen LogP contribution >= 0.6 is 27.5 Å². The van der Waals surface area contributed by atoms with E-state index in [2.05, 4.69) is 26.6 Å². The number of benzene rings is 2. The first kappa shape index (κ1) is 18.0. The Kier molecular flexibility index (Phi) is 5.76. The van der Waals surface area contributed by atoms with Crippen molar-refractivity contribution in [2.24, 2.45) is 0 Å². The molecular formula is C19H18BrClN2O2. The molecule has 0 heterocycles. The molecule has 2 aromatic carbocycles. The first-order valence-corrected chi connectivity index (χ1v) is 9.30. The molecule has 130 valence electrons. The van der Waals surface area contributed by atoms with E-state index in [0.29, 0.717) is 17.0 Å². The van der Waals surface area contributed by atoms with Crippen LogP contribution < -0.4 is 10.6 Å². The third-order valence-corrected chi connectivity index (χ3v) is 4.81. The fraction of sp³-hybridized carbons (Fsp3) is 0.263. The average Bonchev–Trinajstić information content (AvgIpc) is 3.39. The second-order valence-corrected chi connectivity index (χ2v) is 7.45. The Morgan fingerprint density at radius 3 is 2.52 bits per heavy atom. The van der Waals surface area contributed by atoms with Gasteiger partial charge in [-0.1, -0.05) is 57.9 Å². The molecule has 3 rings (SSSR count). The molecular weight excluding hydrogens is 404 g/mol. The molecule has 2 amide bonds. The number of amides is 2. The van der Waals surface area contributed by atoms with Gasteiger partial charge in [-0.2, -0.15) is 0 Å². The maximum atomic E-state index is 12.6. The highest BCUT2D eigenvalue weighted by Gasteiger charge is 2.29. The normalized spacial score (nSPS) is 14.6. The molecule has 1 atom stereocenters. The van der Waals surface area contributed by atoms with Crippen molar-refractivity contribution in [2.75, 3.05) is 0 Å². The van der Waals surface area contributed by atoms with Crippen molar-refractivity contribution in [2.45, 2.75) is 31.3 Å². The van der Waals surface area contributed by atoms with E-state index in [1.54, 1.807) is 18.2 Å². The number of hydrogen-bond acceptors (Lipinski definition) is 2. The third kappa shape index (κ3) is 5.06. The fourth-order valence-corrected chi connectivity index (χ4v) is 3.26. The van der Waals surface area contributed by atoms with Crippen LogP contribution in [0.3, 0.4) is 0 Å². The predicted molar refractivity (Wildman–Crippen MR) is 102 cm³/mol. The molecule has 0 aromatic heterocycles. The van der Waals surface area contributed by atoms with Crippen LogP contribution in [0.2, 0.25) is 5.02 Å². The van der Waals surface area contributed by atoms with E-state index < -0.39 is 6.04 Å². The number of carbonyl (C=O) groups excluding carboxylic acids is 2. The lowest BCUT2D eigenvalue weighted by molar-refractivity contribution is -0.123. The molecule has 1 fully saturated rings. The molecule has 0 spiro atoms. The van der Waals surface area contributed by atoms with Crippen LogP contribution in [0.25, 0.3) is 0 Å². The molecule has 6 heteroatoms. The smallest absolute Gasteiger partial charge is 0.253 e. The molecule has 25 heavy (non-hydrogen) atoms. The van der Waals surface area contributed by atoms with E-state index in [4.69, 9.17) is 11.6 Å². The summed E-state index contributed by atoms with van der Waals surface area (Å²) in [6.45, 7) is 0. The van der Waals surface area contributed by atoms with Gasteiger partial charge in [0.1, 0.15) is 6.04 Å². The molecule has 0 saturated heterocycles. The summed E-state index contributed by atoms with van der Waals surface area (Å²) < 4.78 is 0.793. The Morgan fingerprint density at radius 2 is 1.88 bits per heavy atom. The minimum Gasteiger partial charge on any atom is -0.352 e. The summed E-state index contributed by atoms with van der Waals surface area (Å²) in [6, 6.07) is 14.3. The van der Waals surface area contributed by atoms with Crippen LogP contribution in [0, 0.1) is 0 Å². The Morgan fingerprint density at radius 1 is 1.16 bits per heavy atom. The number of rotatable bonds is 6. The van der Waals surface area contributed by atoms with E-state index in [1.807, 2.05) is 30.3 Å². The summed E-state index contributed by atoms with van der Waals surface area (Å²) in [6.07, 6.45) is 2.42. The van der Waals surface area contributed by atoms with Gasteiger partial charge in [0.2, 0.25) is 5.91 Å². The van der Waals surface area contributed by atoms with E-state index >= 15 is 0 Å². The summed E-state index contributed by atoms with van der Waals surface area (Å²) in [5.41, 5.74) is 1.34. The second kappa shape index (κ2) is 8.02. The first-order valence-electron chi connectivity index (χ1n) is 8.13. The number of halogens is 2. The Hall–Kier alpha value is -1.85. The van der Waals surface area contributed by atoms with Crippen LogP contribution in [0.15, 0.2) is 53.0 Å². The lowest BCUT2D eigenvalue weighted by atomic mass is 10.0. The summed E-state index contributed by atoms with van der Waals surface area (Å²) >= 11 is 9.47. The van der Waals surface area contributed by atoms with Gasteiger partial charge in [-0.3, -0.25) is 9.59 Å². The minimum absolute atomic E-state index is 0.159. The minimum atomic E-state index is -0.643. The van der Waals surface area contributed by atoms with Crippen molar-refractivity contribution in [3.63, 3.8) is 0 Å². The van der Waals surface area contributed by atoms with Gasteiger partial charge < -0.3 is 10.6 Å². The predicted octanol–water partition coefficient (Wildman–Crippen LogP) is 3.72. The second-order valence-electron chi connectivity index (χ2n) is 6.12. The third-order valence-electron chi connectivity index (χ3n) is 4.00. The highest BCUT2D eigenvalue weighted by atomic mass is 79.9. The van der Waals surface area contributed by atoms with Crippen molar-refractivity contribution in [3.8, 4) is 0 Å². The molecule has 1 saturated carbocycles. The van der Waals surface area contributed by atoms with Crippen molar-refractivity contribution in [1.29, 1.82) is 0 Å². The molecule has 2 aromatic rings. The monoisotopic (exact) mass is 420 g/mol. The van der Waals surface area contributed by atoms with Gasteiger partial charge in [0, 0.05) is 16.9 Å². The van der Waals surface area contributed by atoms with E-state index in [-0.39, 0.29) is 17.9 Å². The quantitative estimate of drug-likeness (QED) is 0.747. The lowest BCUT2D eigenvalue weighted by Crippen LogP contribution is -2.48. The highest BCUT2D eigenvalue weighted by Crippen LogP contribution is 2.22. The van der Waals surface area contributed by atoms with Crippen molar-refractivity contribution in [3.05, 3.63) is 69.2 Å². The van der Waals surface area contributed by atoms with Gasteiger partial charge in [0.15, 0.2) is 0 Å². The summed E-state index contributed by atoms with van der Waals surface area (Å²) in [7, 11) is 0. The lowest BCUT2D eigenvalue weighted by Gasteiger charge is -2.19. The van der Waals surface area contributed by atoms with Gasteiger partial charge >= 0.3 is 0 Å². The Labute approximate surface area is 160 Å². The van der Waals surface area contributed by atoms with Crippen LogP contribution in [-0.2, 0) is 11.2 Å². The van der Waals surface area contributed by atoms with Crippen LogP contribution in [0.5, 0.6) is 0 Å². The first-order chi connectivity index (χ1) is 12.0. The number of hydrogen-bond donors (Lipinski definition) is 2. The van der Waals surface area contributed by atoms with Gasteiger partial charge in [0.05, 0.1) is 10.6 Å². The molecule has 2 N–H and O–H groups in total. The van der Waals surface area contributed by atoms with Crippen LogP contribution in [0.1, 0.15) is 28.8 Å². The maximum Gasteiger partial charge on any atom is 0.253 e. The van der Waals surface area contributed by atoms with Crippen molar-refractivity contribution >= 4 is 39.3 Å². The molecule has 0 radical (unpaired) electrons. The van der Waals surface area contributed by atoms with Crippen LogP contribution in [-0.4, -0.2) is 23.9 Å². The van der Waals surface area contributed by atoms with Gasteiger partial charge in [-0.05, 0) is 36.6 Å². The fourth-order valence-electron chi connectivity index (χ4n) is 2.50.